The van der Waals surface area contributed by atoms with Crippen LogP contribution in [-0.2, 0) is 5.41 Å². The predicted octanol–water partition coefficient (Wildman–Crippen LogP) is 17.0. The summed E-state index contributed by atoms with van der Waals surface area (Å²) in [7, 11) is -2.69. The Labute approximate surface area is 455 Å². The van der Waals surface area contributed by atoms with Gasteiger partial charge in [0.25, 0.3) is 0 Å². The van der Waals surface area contributed by atoms with Crippen LogP contribution in [0.5, 0.6) is 0 Å². The van der Waals surface area contributed by atoms with Crippen LogP contribution in [0.3, 0.4) is 0 Å². The highest BCUT2D eigenvalue weighted by Gasteiger charge is 2.41. The molecule has 78 heavy (non-hydrogen) atoms. The van der Waals surface area contributed by atoms with Crippen LogP contribution in [0, 0.1) is 0 Å². The van der Waals surface area contributed by atoms with Gasteiger partial charge in [-0.3, -0.25) is 0 Å². The first-order chi connectivity index (χ1) is 38.4. The van der Waals surface area contributed by atoms with E-state index >= 15 is 0 Å². The molecule has 15 rings (SSSR count). The number of para-hydroxylation sites is 2. The molecule has 0 unspecified atom stereocenters. The van der Waals surface area contributed by atoms with Gasteiger partial charge in [-0.2, -0.15) is 0 Å². The molecule has 0 spiro atoms. The minimum absolute atomic E-state index is 0.134. The van der Waals surface area contributed by atoms with Crippen LogP contribution in [0.25, 0.3) is 105 Å². The highest BCUT2D eigenvalue weighted by Crippen LogP contribution is 2.51. The Morgan fingerprint density at radius 2 is 0.731 bits per heavy atom. The van der Waals surface area contributed by atoms with Gasteiger partial charge in [0.1, 0.15) is 11.2 Å². The van der Waals surface area contributed by atoms with E-state index in [0.717, 1.165) is 27.6 Å². The van der Waals surface area contributed by atoms with Crippen LogP contribution in [0.4, 0.5) is 0 Å². The molecule has 0 saturated heterocycles. The number of hydrogen-bond donors (Lipinski definition) is 0. The van der Waals surface area contributed by atoms with Crippen molar-refractivity contribution in [3.8, 4) is 61.3 Å². The third-order valence-electron chi connectivity index (χ3n) is 16.9. The van der Waals surface area contributed by atoms with Gasteiger partial charge in [0, 0.05) is 32.6 Å². The fraction of sp³-hybridized carbons (Fsp3) is 0.0400. The summed E-state index contributed by atoms with van der Waals surface area (Å²) in [6.07, 6.45) is 0. The molecule has 0 atom stereocenters. The largest absolute Gasteiger partial charge is 0.456 e. The van der Waals surface area contributed by atoms with Gasteiger partial charge in [-0.05, 0) is 154 Å². The van der Waals surface area contributed by atoms with Crippen molar-refractivity contribution in [1.82, 2.24) is 4.57 Å². The smallest absolute Gasteiger partial charge is 0.179 e. The lowest BCUT2D eigenvalue weighted by Gasteiger charge is -2.34. The third-order valence-corrected chi connectivity index (χ3v) is 21.7. The van der Waals surface area contributed by atoms with E-state index in [2.05, 4.69) is 291 Å². The van der Waals surface area contributed by atoms with Gasteiger partial charge in [-0.15, -0.1) is 0 Å². The van der Waals surface area contributed by atoms with E-state index in [9.17, 15) is 0 Å². The number of fused-ring (bicyclic) bond motifs is 9. The Kier molecular flexibility index (Phi) is 10.6. The molecule has 0 fully saturated rings. The van der Waals surface area contributed by atoms with Crippen LogP contribution < -0.4 is 20.7 Å². The molecule has 2 nitrogen and oxygen atoms in total. The van der Waals surface area contributed by atoms with E-state index in [0.29, 0.717) is 0 Å². The summed E-state index contributed by atoms with van der Waals surface area (Å²) in [4.78, 5) is 0. The van der Waals surface area contributed by atoms with E-state index in [1.807, 2.05) is 12.1 Å². The Morgan fingerprint density at radius 3 is 1.32 bits per heavy atom. The van der Waals surface area contributed by atoms with Gasteiger partial charge in [0.05, 0.1) is 11.0 Å². The minimum Gasteiger partial charge on any atom is -0.456 e. The molecule has 0 radical (unpaired) electrons. The lowest BCUT2D eigenvalue weighted by molar-refractivity contribution is 0.660. The minimum atomic E-state index is -2.69. The second-order valence-electron chi connectivity index (χ2n) is 21.6. The highest BCUT2D eigenvalue weighted by atomic mass is 28.3. The highest BCUT2D eigenvalue weighted by molar-refractivity contribution is 7.19. The number of hydrogen-bond acceptors (Lipinski definition) is 1. The van der Waals surface area contributed by atoms with Crippen LogP contribution in [-0.4, -0.2) is 12.6 Å². The molecule has 2 aromatic heterocycles. The summed E-state index contributed by atoms with van der Waals surface area (Å²) < 4.78 is 8.62. The van der Waals surface area contributed by atoms with Gasteiger partial charge in [-0.25, -0.2) is 0 Å². The molecule has 0 amide bonds. The first-order valence-corrected chi connectivity index (χ1v) is 29.1. The van der Waals surface area contributed by atoms with Crippen LogP contribution >= 0.6 is 0 Å². The molecule has 0 bridgehead atoms. The maximum Gasteiger partial charge on any atom is 0.179 e. The van der Waals surface area contributed by atoms with Crippen molar-refractivity contribution in [2.45, 2.75) is 19.3 Å². The Morgan fingerprint density at radius 1 is 0.295 bits per heavy atom. The van der Waals surface area contributed by atoms with Gasteiger partial charge < -0.3 is 8.98 Å². The van der Waals surface area contributed by atoms with Gasteiger partial charge in [0.2, 0.25) is 0 Å². The number of furan rings is 1. The third kappa shape index (κ3) is 7.23. The second kappa shape index (κ2) is 18.1. The normalized spacial score (nSPS) is 12.8. The fourth-order valence-corrected chi connectivity index (χ4v) is 18.0. The summed E-state index contributed by atoms with van der Waals surface area (Å²) in [6.45, 7) is 4.75. The molecule has 1 aliphatic rings. The molecule has 0 aliphatic heterocycles. The Bertz CT molecular complexity index is 4540. The molecule has 2 heterocycles. The summed E-state index contributed by atoms with van der Waals surface area (Å²) in [6, 6.07) is 106. The van der Waals surface area contributed by atoms with Crippen molar-refractivity contribution in [2.75, 3.05) is 0 Å². The number of rotatable bonds is 9. The van der Waals surface area contributed by atoms with E-state index in [-0.39, 0.29) is 5.41 Å². The maximum atomic E-state index is 6.22. The summed E-state index contributed by atoms with van der Waals surface area (Å²) in [5.74, 6) is 0. The van der Waals surface area contributed by atoms with Crippen molar-refractivity contribution < 1.29 is 4.42 Å². The second-order valence-corrected chi connectivity index (χ2v) is 25.4. The van der Waals surface area contributed by atoms with Crippen molar-refractivity contribution in [1.29, 1.82) is 0 Å². The number of aromatic nitrogens is 1. The van der Waals surface area contributed by atoms with Crippen LogP contribution in [0.2, 0.25) is 0 Å². The zero-order chi connectivity index (χ0) is 52.0. The van der Waals surface area contributed by atoms with E-state index in [1.54, 1.807) is 0 Å². The van der Waals surface area contributed by atoms with Gasteiger partial charge in [-0.1, -0.05) is 232 Å². The molecular weight excluding hydrogens is 959 g/mol. The lowest BCUT2D eigenvalue weighted by Crippen LogP contribution is -2.74. The van der Waals surface area contributed by atoms with Crippen LogP contribution in [0.1, 0.15) is 25.0 Å². The number of nitrogens with zero attached hydrogens (tertiary/aromatic N) is 1. The van der Waals surface area contributed by atoms with E-state index < -0.39 is 8.07 Å². The molecule has 368 valence electrons. The Balaban J connectivity index is 0.777. The molecule has 1 aliphatic carbocycles. The summed E-state index contributed by atoms with van der Waals surface area (Å²) in [5, 5.41) is 10.2. The maximum absolute atomic E-state index is 6.22. The Hall–Kier alpha value is -9.54. The van der Waals surface area contributed by atoms with Crippen molar-refractivity contribution in [3.05, 3.63) is 296 Å². The average Bonchev–Trinajstić information content (AvgIpc) is 4.31. The van der Waals surface area contributed by atoms with Crippen LogP contribution in [0.15, 0.2) is 290 Å². The average molecular weight is 1010 g/mol. The fourth-order valence-electron chi connectivity index (χ4n) is 13.2. The zero-order valence-electron chi connectivity index (χ0n) is 43.5. The van der Waals surface area contributed by atoms with Crippen molar-refractivity contribution in [3.63, 3.8) is 0 Å². The predicted molar refractivity (Wildman–Crippen MR) is 331 cm³/mol. The van der Waals surface area contributed by atoms with Gasteiger partial charge >= 0.3 is 0 Å². The molecule has 0 saturated carbocycles. The van der Waals surface area contributed by atoms with Crippen molar-refractivity contribution >= 4 is 72.6 Å². The monoisotopic (exact) mass is 1010 g/mol. The molecule has 0 N–H and O–H groups in total. The van der Waals surface area contributed by atoms with E-state index in [1.165, 1.54) is 109 Å². The molecule has 12 aromatic carbocycles. The van der Waals surface area contributed by atoms with E-state index in [4.69, 9.17) is 4.42 Å². The lowest BCUT2D eigenvalue weighted by atomic mass is 9.82. The van der Waals surface area contributed by atoms with Crippen molar-refractivity contribution in [2.24, 2.45) is 0 Å². The summed E-state index contributed by atoms with van der Waals surface area (Å²) in [5.41, 5.74) is 20.2. The summed E-state index contributed by atoms with van der Waals surface area (Å²) >= 11 is 0. The first kappa shape index (κ1) is 45.8. The quantitative estimate of drug-likeness (QED) is 0.104. The zero-order valence-corrected chi connectivity index (χ0v) is 44.5. The molecular formula is C75H53NOSi. The standard InChI is InChI=1S/C75H53NOSi/c1-75(2)69-39-35-55(51-20-16-19-50(43-51)54-23-18-30-62(45-54)78(59-24-6-3-7-25-59,60-26-8-4-9-27-60)61-28-10-5-11-29-61)46-65(69)66-47-56(36-40-70(66)75)52-21-17-22-53(44-52)57-37-41-72-67(48-57)63-31-12-14-33-71(63)76(72)58-38-42-74-68(49-58)64-32-13-15-34-73(64)77-74/h3-49H,1-2H3. The molecule has 14 aromatic rings. The SMILES string of the molecule is CC1(C)c2ccc(-c3cccc(-c4cccc([Si](c5ccccc5)(c5ccccc5)c5ccccc5)c4)c3)cc2-c2cc(-c3cccc(-c4ccc5c(c4)c4ccccc4n5-c4ccc5oc6ccccc6c5c4)c3)ccc21. The first-order valence-electron chi connectivity index (χ1n) is 27.1. The topological polar surface area (TPSA) is 18.1 Å². The van der Waals surface area contributed by atoms with Gasteiger partial charge in [0.15, 0.2) is 8.07 Å². The number of benzene rings is 12. The molecule has 3 heteroatoms.